The van der Waals surface area contributed by atoms with Crippen molar-refractivity contribution in [2.75, 3.05) is 66.5 Å². The predicted octanol–water partition coefficient (Wildman–Crippen LogP) is -2.22. The molecule has 0 atom stereocenters. The maximum atomic E-state index is 11.3. The topological polar surface area (TPSA) is 114 Å². The lowest BCUT2D eigenvalue weighted by Gasteiger charge is -2.21. The molecule has 0 rings (SSSR count). The number of hydrogen-bond donors (Lipinski definition) is 4. The highest BCUT2D eigenvalue weighted by molar-refractivity contribution is 5.78. The van der Waals surface area contributed by atoms with E-state index in [0.29, 0.717) is 26.2 Å². The van der Waals surface area contributed by atoms with Gasteiger partial charge < -0.3 is 21.1 Å². The van der Waals surface area contributed by atoms with E-state index in [1.165, 1.54) is 7.05 Å². The minimum Gasteiger partial charge on any atom is -0.480 e. The quantitative estimate of drug-likeness (QED) is 0.283. The summed E-state index contributed by atoms with van der Waals surface area (Å²) >= 11 is 0. The Kier molecular flexibility index (Phi) is 11.8. The lowest BCUT2D eigenvalue weighted by atomic mass is 10.4. The number of nitrogens with zero attached hydrogens (tertiary/aromatic N) is 2. The third kappa shape index (κ3) is 11.5. The van der Waals surface area contributed by atoms with Crippen LogP contribution in [0.1, 0.15) is 6.92 Å². The molecule has 0 aliphatic heterocycles. The molecule has 2 amide bonds. The first-order valence-electron chi connectivity index (χ1n) is 7.71. The van der Waals surface area contributed by atoms with Gasteiger partial charge in [0.2, 0.25) is 11.8 Å². The lowest BCUT2D eigenvalue weighted by Crippen LogP contribution is -2.43. The van der Waals surface area contributed by atoms with Crippen molar-refractivity contribution < 1.29 is 19.5 Å². The minimum atomic E-state index is -0.961. The summed E-state index contributed by atoms with van der Waals surface area (Å²) < 4.78 is 0. The van der Waals surface area contributed by atoms with Gasteiger partial charge in [0.15, 0.2) is 0 Å². The van der Waals surface area contributed by atoms with E-state index in [1.807, 2.05) is 11.8 Å². The molecule has 0 spiro atoms. The van der Waals surface area contributed by atoms with Crippen LogP contribution in [-0.2, 0) is 14.4 Å². The number of carboxylic acid groups (broad SMARTS) is 1. The molecule has 134 valence electrons. The molecule has 0 aliphatic rings. The zero-order chi connectivity index (χ0) is 17.7. The third-order valence-corrected chi connectivity index (χ3v) is 3.31. The van der Waals surface area contributed by atoms with E-state index in [2.05, 4.69) is 16.0 Å². The molecule has 0 fully saturated rings. The van der Waals surface area contributed by atoms with Crippen LogP contribution in [0, 0.1) is 0 Å². The maximum Gasteiger partial charge on any atom is 0.317 e. The molecule has 4 N–H and O–H groups in total. The highest BCUT2D eigenvalue weighted by Gasteiger charge is 2.13. The first-order valence-corrected chi connectivity index (χ1v) is 7.71. The van der Waals surface area contributed by atoms with E-state index in [4.69, 9.17) is 5.11 Å². The van der Waals surface area contributed by atoms with Crippen molar-refractivity contribution in [2.45, 2.75) is 6.92 Å². The molecule has 0 heterocycles. The van der Waals surface area contributed by atoms with Crippen molar-refractivity contribution in [1.29, 1.82) is 0 Å². The fourth-order valence-electron chi connectivity index (χ4n) is 1.92. The second kappa shape index (κ2) is 12.8. The van der Waals surface area contributed by atoms with Crippen molar-refractivity contribution in [1.82, 2.24) is 25.8 Å². The summed E-state index contributed by atoms with van der Waals surface area (Å²) in [6, 6.07) is 0. The Morgan fingerprint density at radius 2 is 1.35 bits per heavy atom. The summed E-state index contributed by atoms with van der Waals surface area (Å²) in [6.45, 7) is 5.44. The van der Waals surface area contributed by atoms with Gasteiger partial charge in [0.1, 0.15) is 0 Å². The highest BCUT2D eigenvalue weighted by Crippen LogP contribution is 1.89. The molecular formula is C14H29N5O4. The molecule has 0 aliphatic carbocycles. The number of carbonyl (C=O) groups excluding carboxylic acids is 2. The van der Waals surface area contributed by atoms with Gasteiger partial charge in [-0.2, -0.15) is 0 Å². The van der Waals surface area contributed by atoms with Crippen LogP contribution in [0.4, 0.5) is 0 Å². The second-order valence-electron chi connectivity index (χ2n) is 5.07. The summed E-state index contributed by atoms with van der Waals surface area (Å²) in [5.74, 6) is -1.20. The molecule has 0 saturated heterocycles. The van der Waals surface area contributed by atoms with Gasteiger partial charge in [-0.1, -0.05) is 6.92 Å². The van der Waals surface area contributed by atoms with Gasteiger partial charge in [-0.25, -0.2) is 0 Å². The van der Waals surface area contributed by atoms with Crippen LogP contribution in [0.5, 0.6) is 0 Å². The number of carboxylic acids is 1. The van der Waals surface area contributed by atoms with Gasteiger partial charge in [-0.05, 0) is 6.54 Å². The van der Waals surface area contributed by atoms with Crippen LogP contribution < -0.4 is 16.0 Å². The van der Waals surface area contributed by atoms with Gasteiger partial charge in [0.25, 0.3) is 0 Å². The van der Waals surface area contributed by atoms with Crippen LogP contribution in [0.2, 0.25) is 0 Å². The Bertz CT molecular complexity index is 378. The number of carbonyl (C=O) groups is 3. The standard InChI is InChI=1S/C14H29N5O4/c1-4-18(9-12(20)15-2)7-5-17-6-8-19(11-14(22)23)10-13(21)16-3/h17H,4-11H2,1-3H3,(H,15,20)(H,16,21)(H,22,23). The first-order chi connectivity index (χ1) is 10.9. The Hall–Kier alpha value is -1.71. The Labute approximate surface area is 137 Å². The van der Waals surface area contributed by atoms with Crippen LogP contribution in [0.15, 0.2) is 0 Å². The zero-order valence-corrected chi connectivity index (χ0v) is 14.2. The summed E-state index contributed by atoms with van der Waals surface area (Å²) in [6.07, 6.45) is 0. The van der Waals surface area contributed by atoms with Gasteiger partial charge >= 0.3 is 5.97 Å². The summed E-state index contributed by atoms with van der Waals surface area (Å²) in [5, 5.41) is 17.1. The SMILES string of the molecule is CCN(CCNCCN(CC(=O)O)CC(=O)NC)CC(=O)NC. The summed E-state index contributed by atoms with van der Waals surface area (Å²) in [7, 11) is 3.13. The Morgan fingerprint density at radius 3 is 1.78 bits per heavy atom. The van der Waals surface area contributed by atoms with Gasteiger partial charge in [0, 0.05) is 40.3 Å². The molecule has 0 aromatic carbocycles. The van der Waals surface area contributed by atoms with Gasteiger partial charge in [-0.15, -0.1) is 0 Å². The molecule has 0 bridgehead atoms. The average Bonchev–Trinajstić information content (AvgIpc) is 2.52. The molecule has 0 saturated carbocycles. The van der Waals surface area contributed by atoms with Crippen molar-refractivity contribution in [2.24, 2.45) is 0 Å². The molecule has 9 nitrogen and oxygen atoms in total. The molecule has 0 unspecified atom stereocenters. The fraction of sp³-hybridized carbons (Fsp3) is 0.786. The molecule has 23 heavy (non-hydrogen) atoms. The fourth-order valence-corrected chi connectivity index (χ4v) is 1.92. The van der Waals surface area contributed by atoms with Crippen molar-refractivity contribution in [3.05, 3.63) is 0 Å². The minimum absolute atomic E-state index is 0.0231. The zero-order valence-electron chi connectivity index (χ0n) is 14.2. The number of aliphatic carboxylic acids is 1. The molecule has 9 heteroatoms. The van der Waals surface area contributed by atoms with E-state index in [-0.39, 0.29) is 24.9 Å². The van der Waals surface area contributed by atoms with E-state index < -0.39 is 5.97 Å². The van der Waals surface area contributed by atoms with Crippen LogP contribution in [-0.4, -0.2) is 99.1 Å². The number of nitrogens with one attached hydrogen (secondary N) is 3. The molecule has 0 aromatic heterocycles. The Balaban J connectivity index is 4.01. The second-order valence-corrected chi connectivity index (χ2v) is 5.07. The van der Waals surface area contributed by atoms with E-state index in [0.717, 1.165) is 13.1 Å². The van der Waals surface area contributed by atoms with E-state index in [9.17, 15) is 14.4 Å². The van der Waals surface area contributed by atoms with Crippen molar-refractivity contribution >= 4 is 17.8 Å². The van der Waals surface area contributed by atoms with Gasteiger partial charge in [-0.3, -0.25) is 24.2 Å². The smallest absolute Gasteiger partial charge is 0.317 e. The van der Waals surface area contributed by atoms with E-state index in [1.54, 1.807) is 11.9 Å². The number of likely N-dealkylation sites (N-methyl/N-ethyl adjacent to an activating group) is 3. The highest BCUT2D eigenvalue weighted by atomic mass is 16.4. The third-order valence-electron chi connectivity index (χ3n) is 3.31. The molecular weight excluding hydrogens is 302 g/mol. The van der Waals surface area contributed by atoms with Crippen molar-refractivity contribution in [3.8, 4) is 0 Å². The Morgan fingerprint density at radius 1 is 0.870 bits per heavy atom. The summed E-state index contributed by atoms with van der Waals surface area (Å²) in [5.41, 5.74) is 0. The van der Waals surface area contributed by atoms with Gasteiger partial charge in [0.05, 0.1) is 19.6 Å². The van der Waals surface area contributed by atoms with Crippen LogP contribution >= 0.6 is 0 Å². The van der Waals surface area contributed by atoms with E-state index >= 15 is 0 Å². The molecule has 0 radical (unpaired) electrons. The lowest BCUT2D eigenvalue weighted by molar-refractivity contribution is -0.138. The maximum absolute atomic E-state index is 11.3. The predicted molar refractivity (Wildman–Crippen MR) is 87.2 cm³/mol. The largest absolute Gasteiger partial charge is 0.480 e. The normalized spacial score (nSPS) is 10.8. The van der Waals surface area contributed by atoms with Crippen LogP contribution in [0.25, 0.3) is 0 Å². The molecule has 0 aromatic rings. The van der Waals surface area contributed by atoms with Crippen LogP contribution in [0.3, 0.4) is 0 Å². The average molecular weight is 331 g/mol. The summed E-state index contributed by atoms with van der Waals surface area (Å²) in [4.78, 5) is 37.0. The monoisotopic (exact) mass is 331 g/mol. The van der Waals surface area contributed by atoms with Crippen molar-refractivity contribution in [3.63, 3.8) is 0 Å². The number of rotatable bonds is 13. The number of amides is 2. The first kappa shape index (κ1) is 21.3. The number of hydrogen-bond acceptors (Lipinski definition) is 6.